The maximum Gasteiger partial charge on any atom is 0.183 e. The van der Waals surface area contributed by atoms with Crippen molar-refractivity contribution in [2.45, 2.75) is 38.6 Å². The zero-order valence-corrected chi connectivity index (χ0v) is 14.4. The zero-order chi connectivity index (χ0) is 16.1. The van der Waals surface area contributed by atoms with Crippen LogP contribution in [-0.2, 0) is 0 Å². The molecular weight excluding hydrogens is 304 g/mol. The van der Waals surface area contributed by atoms with E-state index < -0.39 is 0 Å². The van der Waals surface area contributed by atoms with Gasteiger partial charge in [-0.3, -0.25) is 10.4 Å². The lowest BCUT2D eigenvalue weighted by atomic mass is 10.1. The van der Waals surface area contributed by atoms with Crippen LogP contribution in [0.3, 0.4) is 0 Å². The molecule has 2 aromatic rings. The second kappa shape index (κ2) is 7.70. The fraction of sp³-hybridized carbons (Fsp3) is 0.444. The first-order valence-electron chi connectivity index (χ1n) is 8.39. The summed E-state index contributed by atoms with van der Waals surface area (Å²) in [5.41, 5.74) is 7.49. The predicted octanol–water partition coefficient (Wildman–Crippen LogP) is 3.55. The number of thiocarbonyl (C=S) groups is 1. The van der Waals surface area contributed by atoms with E-state index in [4.69, 9.17) is 12.2 Å². The summed E-state index contributed by atoms with van der Waals surface area (Å²) >= 11 is 5.51. The molecule has 0 spiro atoms. The molecule has 0 radical (unpaired) electrons. The van der Waals surface area contributed by atoms with Crippen LogP contribution in [0.25, 0.3) is 10.8 Å². The van der Waals surface area contributed by atoms with E-state index in [1.54, 1.807) is 0 Å². The first-order valence-corrected chi connectivity index (χ1v) is 8.80. The van der Waals surface area contributed by atoms with E-state index in [2.05, 4.69) is 51.9 Å². The van der Waals surface area contributed by atoms with E-state index in [1.807, 2.05) is 12.3 Å². The predicted molar refractivity (Wildman–Crippen MR) is 99.1 cm³/mol. The quantitative estimate of drug-likeness (QED) is 0.666. The van der Waals surface area contributed by atoms with Gasteiger partial charge in [0.25, 0.3) is 0 Å². The van der Waals surface area contributed by atoms with E-state index in [0.717, 1.165) is 29.3 Å². The topological polar surface area (TPSA) is 40.2 Å². The van der Waals surface area contributed by atoms with Gasteiger partial charge in [0.05, 0.1) is 11.7 Å². The lowest BCUT2D eigenvalue weighted by Crippen LogP contribution is -2.47. The number of benzene rings is 1. The van der Waals surface area contributed by atoms with Gasteiger partial charge in [-0.25, -0.2) is 5.43 Å². The zero-order valence-electron chi connectivity index (χ0n) is 13.6. The summed E-state index contributed by atoms with van der Waals surface area (Å²) in [6.07, 6.45) is 7.00. The standard InChI is InChI=1S/C18H24N4S/c1-14(17-12-15-8-4-5-9-16(15)13-19-17)20-21-18(23)22-10-6-2-3-7-11-22/h4-5,8-9,12-14,20H,2-3,6-7,10-11H2,1H3,(H,21,23)/t14-/m0/s1. The normalized spacial score (nSPS) is 16.8. The number of nitrogens with one attached hydrogen (secondary N) is 2. The number of hydrazine groups is 1. The first kappa shape index (κ1) is 16.1. The van der Waals surface area contributed by atoms with Gasteiger partial charge in [-0.15, -0.1) is 0 Å². The molecule has 5 heteroatoms. The highest BCUT2D eigenvalue weighted by Gasteiger charge is 2.13. The van der Waals surface area contributed by atoms with Gasteiger partial charge >= 0.3 is 0 Å². The summed E-state index contributed by atoms with van der Waals surface area (Å²) in [7, 11) is 0. The molecule has 0 aliphatic carbocycles. The van der Waals surface area contributed by atoms with Crippen LogP contribution in [0.4, 0.5) is 0 Å². The Hall–Kier alpha value is -1.72. The van der Waals surface area contributed by atoms with E-state index in [-0.39, 0.29) is 6.04 Å². The summed E-state index contributed by atoms with van der Waals surface area (Å²) in [5, 5.41) is 3.16. The van der Waals surface area contributed by atoms with Crippen molar-refractivity contribution in [2.75, 3.05) is 13.1 Å². The molecule has 3 rings (SSSR count). The third kappa shape index (κ3) is 4.18. The minimum absolute atomic E-state index is 0.0875. The average Bonchev–Trinajstić information content (AvgIpc) is 2.88. The van der Waals surface area contributed by atoms with Crippen molar-refractivity contribution in [3.05, 3.63) is 42.2 Å². The molecule has 0 saturated carbocycles. The van der Waals surface area contributed by atoms with Crippen molar-refractivity contribution >= 4 is 28.1 Å². The van der Waals surface area contributed by atoms with Crippen molar-refractivity contribution < 1.29 is 0 Å². The molecule has 4 nitrogen and oxygen atoms in total. The van der Waals surface area contributed by atoms with Crippen LogP contribution < -0.4 is 10.9 Å². The van der Waals surface area contributed by atoms with Gasteiger partial charge in [0, 0.05) is 24.7 Å². The number of nitrogens with zero attached hydrogens (tertiary/aromatic N) is 2. The average molecular weight is 328 g/mol. The molecular formula is C18H24N4S. The van der Waals surface area contributed by atoms with Crippen LogP contribution in [0, 0.1) is 0 Å². The van der Waals surface area contributed by atoms with Crippen LogP contribution >= 0.6 is 12.2 Å². The summed E-state index contributed by atoms with van der Waals surface area (Å²) in [6.45, 7) is 4.20. The molecule has 2 N–H and O–H groups in total. The Morgan fingerprint density at radius 3 is 2.57 bits per heavy atom. The molecule has 0 unspecified atom stereocenters. The highest BCUT2D eigenvalue weighted by Crippen LogP contribution is 2.17. The Labute approximate surface area is 143 Å². The molecule has 1 saturated heterocycles. The Bertz CT molecular complexity index is 665. The lowest BCUT2D eigenvalue weighted by molar-refractivity contribution is 0.407. The molecule has 1 aromatic carbocycles. The van der Waals surface area contributed by atoms with Gasteiger partial charge in [-0.05, 0) is 43.4 Å². The lowest BCUT2D eigenvalue weighted by Gasteiger charge is -2.25. The Kier molecular flexibility index (Phi) is 5.41. The van der Waals surface area contributed by atoms with Crippen LogP contribution in [0.2, 0.25) is 0 Å². The second-order valence-electron chi connectivity index (χ2n) is 6.15. The number of aromatic nitrogens is 1. The van der Waals surface area contributed by atoms with E-state index in [0.29, 0.717) is 0 Å². The molecule has 1 atom stereocenters. The highest BCUT2D eigenvalue weighted by molar-refractivity contribution is 7.80. The van der Waals surface area contributed by atoms with Gasteiger partial charge in [0.1, 0.15) is 0 Å². The minimum atomic E-state index is 0.0875. The monoisotopic (exact) mass is 328 g/mol. The fourth-order valence-electron chi connectivity index (χ4n) is 2.93. The van der Waals surface area contributed by atoms with Crippen LogP contribution in [0.15, 0.2) is 36.5 Å². The number of fused-ring (bicyclic) bond motifs is 1. The Morgan fingerprint density at radius 2 is 1.83 bits per heavy atom. The molecule has 1 aromatic heterocycles. The van der Waals surface area contributed by atoms with Crippen LogP contribution in [0.1, 0.15) is 44.3 Å². The molecule has 1 aliphatic heterocycles. The maximum atomic E-state index is 5.51. The van der Waals surface area contributed by atoms with Gasteiger partial charge in [-0.2, -0.15) is 0 Å². The van der Waals surface area contributed by atoms with Gasteiger partial charge in [0.15, 0.2) is 5.11 Å². The van der Waals surface area contributed by atoms with Crippen molar-refractivity contribution in [3.8, 4) is 0 Å². The van der Waals surface area contributed by atoms with E-state index >= 15 is 0 Å². The smallest absolute Gasteiger partial charge is 0.183 e. The molecule has 0 amide bonds. The van der Waals surface area contributed by atoms with E-state index in [9.17, 15) is 0 Å². The Morgan fingerprint density at radius 1 is 1.13 bits per heavy atom. The van der Waals surface area contributed by atoms with Gasteiger partial charge in [0.2, 0.25) is 0 Å². The number of rotatable bonds is 3. The second-order valence-corrected chi connectivity index (χ2v) is 6.54. The number of likely N-dealkylation sites (tertiary alicyclic amines) is 1. The summed E-state index contributed by atoms with van der Waals surface area (Å²) in [4.78, 5) is 6.81. The highest BCUT2D eigenvalue weighted by atomic mass is 32.1. The first-order chi connectivity index (χ1) is 11.2. The minimum Gasteiger partial charge on any atom is -0.348 e. The van der Waals surface area contributed by atoms with Gasteiger partial charge < -0.3 is 4.90 Å². The van der Waals surface area contributed by atoms with Crippen LogP contribution in [-0.4, -0.2) is 28.1 Å². The van der Waals surface area contributed by atoms with Gasteiger partial charge in [-0.1, -0.05) is 37.1 Å². The molecule has 1 fully saturated rings. The third-order valence-corrected chi connectivity index (χ3v) is 4.74. The summed E-state index contributed by atoms with van der Waals surface area (Å²) in [5.74, 6) is 0. The summed E-state index contributed by atoms with van der Waals surface area (Å²) in [6, 6.07) is 10.5. The Balaban J connectivity index is 1.59. The molecule has 0 bridgehead atoms. The van der Waals surface area contributed by atoms with Crippen molar-refractivity contribution in [2.24, 2.45) is 0 Å². The van der Waals surface area contributed by atoms with Crippen molar-refractivity contribution in [1.82, 2.24) is 20.7 Å². The number of hydrogen-bond donors (Lipinski definition) is 2. The summed E-state index contributed by atoms with van der Waals surface area (Å²) < 4.78 is 0. The van der Waals surface area contributed by atoms with Crippen molar-refractivity contribution in [1.29, 1.82) is 0 Å². The van der Waals surface area contributed by atoms with E-state index in [1.165, 1.54) is 31.1 Å². The van der Waals surface area contributed by atoms with Crippen molar-refractivity contribution in [3.63, 3.8) is 0 Å². The molecule has 122 valence electrons. The largest absolute Gasteiger partial charge is 0.348 e. The molecule has 23 heavy (non-hydrogen) atoms. The number of pyridine rings is 1. The fourth-order valence-corrected chi connectivity index (χ4v) is 3.18. The SMILES string of the molecule is C[C@H](NNC(=S)N1CCCCCC1)c1cc2ccccc2cn1. The molecule has 2 heterocycles. The molecule has 1 aliphatic rings. The number of hydrogen-bond acceptors (Lipinski definition) is 3. The third-order valence-electron chi connectivity index (χ3n) is 4.38. The maximum absolute atomic E-state index is 5.51. The van der Waals surface area contributed by atoms with Crippen LogP contribution in [0.5, 0.6) is 0 Å².